The molecule has 0 aliphatic carbocycles. The third kappa shape index (κ3) is 2.68. The van der Waals surface area contributed by atoms with Crippen LogP contribution in [0.3, 0.4) is 0 Å². The molecule has 0 N–H and O–H groups in total. The zero-order valence-corrected chi connectivity index (χ0v) is 13.8. The van der Waals surface area contributed by atoms with Crippen molar-refractivity contribution < 1.29 is 4.79 Å². The molecule has 0 fully saturated rings. The molecule has 5 nitrogen and oxygen atoms in total. The third-order valence-electron chi connectivity index (χ3n) is 4.05. The molecule has 1 aromatic carbocycles. The smallest absolute Gasteiger partial charge is 0.256 e. The van der Waals surface area contributed by atoms with Gasteiger partial charge in [-0.05, 0) is 30.5 Å². The number of rotatable bonds is 4. The summed E-state index contributed by atoms with van der Waals surface area (Å²) in [6.45, 7) is 1.78. The molecule has 1 amide bonds. The molecule has 1 aliphatic rings. The average molecular weight is 334 g/mol. The second kappa shape index (κ2) is 6.66. The minimum atomic E-state index is -0.904. The van der Waals surface area contributed by atoms with E-state index in [1.165, 1.54) is 16.3 Å². The summed E-state index contributed by atoms with van der Waals surface area (Å²) >= 11 is 1.45. The molecule has 118 valence electrons. The van der Waals surface area contributed by atoms with E-state index >= 15 is 0 Å². The lowest BCUT2D eigenvalue weighted by atomic mass is 9.79. The van der Waals surface area contributed by atoms with Crippen molar-refractivity contribution in [2.75, 3.05) is 5.01 Å². The van der Waals surface area contributed by atoms with Crippen molar-refractivity contribution in [3.63, 3.8) is 0 Å². The monoisotopic (exact) mass is 334 g/mol. The lowest BCUT2D eigenvalue weighted by Crippen LogP contribution is -2.33. The van der Waals surface area contributed by atoms with Crippen molar-refractivity contribution in [1.29, 1.82) is 10.5 Å². The number of anilines is 1. The first-order valence-electron chi connectivity index (χ1n) is 7.44. The van der Waals surface area contributed by atoms with E-state index in [1.807, 2.05) is 60.0 Å². The van der Waals surface area contributed by atoms with Crippen LogP contribution in [0.1, 0.15) is 17.7 Å². The fourth-order valence-corrected chi connectivity index (χ4v) is 3.84. The zero-order valence-electron chi connectivity index (χ0n) is 13.0. The summed E-state index contributed by atoms with van der Waals surface area (Å²) in [6.07, 6.45) is 0. The molecule has 2 heterocycles. The number of para-hydroxylation sites is 1. The Labute approximate surface area is 144 Å². The van der Waals surface area contributed by atoms with Crippen LogP contribution in [0.25, 0.3) is 0 Å². The molecule has 3 rings (SSSR count). The summed E-state index contributed by atoms with van der Waals surface area (Å²) in [7, 11) is 0. The van der Waals surface area contributed by atoms with Crippen LogP contribution in [0.15, 0.2) is 52.9 Å². The average Bonchev–Trinajstić information content (AvgIpc) is 3.23. The van der Waals surface area contributed by atoms with Gasteiger partial charge in [0.15, 0.2) is 0 Å². The Morgan fingerprint density at radius 3 is 2.46 bits per heavy atom. The van der Waals surface area contributed by atoms with Crippen LogP contribution in [-0.2, 0) is 4.79 Å². The Hall–Kier alpha value is -2.96. The summed E-state index contributed by atoms with van der Waals surface area (Å²) < 4.78 is 0. The van der Waals surface area contributed by atoms with Crippen LogP contribution in [0, 0.1) is 34.5 Å². The maximum Gasteiger partial charge on any atom is 0.256 e. The van der Waals surface area contributed by atoms with Gasteiger partial charge in [0.25, 0.3) is 5.91 Å². The minimum absolute atomic E-state index is 0.201. The number of benzene rings is 1. The molecule has 0 saturated carbocycles. The van der Waals surface area contributed by atoms with Crippen molar-refractivity contribution in [3.05, 3.63) is 52.7 Å². The summed E-state index contributed by atoms with van der Waals surface area (Å²) in [6, 6.07) is 17.0. The highest BCUT2D eigenvalue weighted by Crippen LogP contribution is 2.40. The van der Waals surface area contributed by atoms with Crippen LogP contribution < -0.4 is 5.01 Å². The third-order valence-corrected chi connectivity index (χ3v) is 5.03. The van der Waals surface area contributed by atoms with Crippen molar-refractivity contribution >= 4 is 28.6 Å². The maximum atomic E-state index is 13.0. The molecular weight excluding hydrogens is 320 g/mol. The molecule has 0 spiro atoms. The number of amides is 1. The molecule has 0 saturated heterocycles. The number of hydrogen-bond donors (Lipinski definition) is 0. The van der Waals surface area contributed by atoms with E-state index in [2.05, 4.69) is 5.10 Å². The molecular formula is C18H14N4OS. The summed E-state index contributed by atoms with van der Waals surface area (Å²) in [5.74, 6) is -2.22. The molecule has 1 aromatic heterocycles. The Balaban J connectivity index is 2.01. The van der Waals surface area contributed by atoms with Gasteiger partial charge in [0.2, 0.25) is 0 Å². The number of thiophene rings is 1. The number of nitrogens with zero attached hydrogens (tertiary/aromatic N) is 4. The van der Waals surface area contributed by atoms with Crippen molar-refractivity contribution in [2.24, 2.45) is 16.9 Å². The summed E-state index contributed by atoms with van der Waals surface area (Å²) in [4.78, 5) is 13.8. The SMILES string of the molecule is CC1=NN(c2ccccc2)C(=O)[C@H]1[C@H](c1cccs1)C(C#N)C#N. The topological polar surface area (TPSA) is 80.2 Å². The standard InChI is InChI=1S/C18H14N4OS/c1-12-16(17(13(10-19)11-20)15-8-5-9-24-15)18(23)22(21-12)14-6-3-2-4-7-14/h2-9,13,16-17H,1H3/t16-,17+/m1/s1. The Morgan fingerprint density at radius 2 is 1.88 bits per heavy atom. The number of nitriles is 2. The molecule has 1 aliphatic heterocycles. The lowest BCUT2D eigenvalue weighted by molar-refractivity contribution is -0.120. The maximum absolute atomic E-state index is 13.0. The quantitative estimate of drug-likeness (QED) is 0.857. The highest BCUT2D eigenvalue weighted by molar-refractivity contribution is 7.10. The number of hydrazone groups is 1. The first-order chi connectivity index (χ1) is 11.7. The Kier molecular flexibility index (Phi) is 4.41. The van der Waals surface area contributed by atoms with Crippen LogP contribution in [0.4, 0.5) is 5.69 Å². The summed E-state index contributed by atoms with van der Waals surface area (Å²) in [5.41, 5.74) is 1.30. The van der Waals surface area contributed by atoms with E-state index in [0.29, 0.717) is 11.4 Å². The van der Waals surface area contributed by atoms with E-state index < -0.39 is 17.8 Å². The van der Waals surface area contributed by atoms with E-state index in [9.17, 15) is 15.3 Å². The van der Waals surface area contributed by atoms with Gasteiger partial charge in [0.05, 0.1) is 23.7 Å². The molecule has 6 heteroatoms. The van der Waals surface area contributed by atoms with E-state index in [1.54, 1.807) is 6.92 Å². The van der Waals surface area contributed by atoms with Gasteiger partial charge in [-0.2, -0.15) is 15.6 Å². The van der Waals surface area contributed by atoms with Crippen LogP contribution in [0.5, 0.6) is 0 Å². The van der Waals surface area contributed by atoms with Gasteiger partial charge >= 0.3 is 0 Å². The predicted octanol–water partition coefficient (Wildman–Crippen LogP) is 3.53. The first-order valence-corrected chi connectivity index (χ1v) is 8.32. The lowest BCUT2D eigenvalue weighted by Gasteiger charge is -2.23. The van der Waals surface area contributed by atoms with Crippen LogP contribution in [0.2, 0.25) is 0 Å². The highest BCUT2D eigenvalue weighted by Gasteiger charge is 2.44. The minimum Gasteiger partial charge on any atom is -0.272 e. The molecule has 0 bridgehead atoms. The van der Waals surface area contributed by atoms with E-state index in [4.69, 9.17) is 0 Å². The molecule has 0 radical (unpaired) electrons. The van der Waals surface area contributed by atoms with Gasteiger partial charge in [-0.15, -0.1) is 11.3 Å². The molecule has 0 unspecified atom stereocenters. The van der Waals surface area contributed by atoms with E-state index in [0.717, 1.165) is 4.88 Å². The summed E-state index contributed by atoms with van der Waals surface area (Å²) in [5, 5.41) is 26.4. The second-order valence-corrected chi connectivity index (χ2v) is 6.46. The van der Waals surface area contributed by atoms with Crippen LogP contribution >= 0.6 is 11.3 Å². The molecule has 2 aromatic rings. The van der Waals surface area contributed by atoms with Crippen molar-refractivity contribution in [3.8, 4) is 12.1 Å². The number of carbonyl (C=O) groups is 1. The predicted molar refractivity (Wildman–Crippen MR) is 92.3 cm³/mol. The highest BCUT2D eigenvalue weighted by atomic mass is 32.1. The van der Waals surface area contributed by atoms with Gasteiger partial charge in [-0.3, -0.25) is 4.79 Å². The van der Waals surface area contributed by atoms with Gasteiger partial charge in [-0.25, -0.2) is 5.01 Å². The van der Waals surface area contributed by atoms with Crippen molar-refractivity contribution in [2.45, 2.75) is 12.8 Å². The first kappa shape index (κ1) is 15.9. The van der Waals surface area contributed by atoms with Gasteiger partial charge < -0.3 is 0 Å². The number of hydrogen-bond acceptors (Lipinski definition) is 5. The fraction of sp³-hybridized carbons (Fsp3) is 0.222. The largest absolute Gasteiger partial charge is 0.272 e. The Morgan fingerprint density at radius 1 is 1.17 bits per heavy atom. The van der Waals surface area contributed by atoms with Crippen LogP contribution in [-0.4, -0.2) is 11.6 Å². The fourth-order valence-electron chi connectivity index (χ4n) is 2.94. The van der Waals surface area contributed by atoms with Gasteiger partial charge in [0.1, 0.15) is 5.92 Å². The van der Waals surface area contributed by atoms with E-state index in [-0.39, 0.29) is 5.91 Å². The second-order valence-electron chi connectivity index (χ2n) is 5.48. The van der Waals surface area contributed by atoms with Crippen molar-refractivity contribution in [1.82, 2.24) is 0 Å². The zero-order chi connectivity index (χ0) is 17.1. The van der Waals surface area contributed by atoms with Gasteiger partial charge in [-0.1, -0.05) is 24.3 Å². The Bertz CT molecular complexity index is 831. The normalized spacial score (nSPS) is 18.2. The molecule has 24 heavy (non-hydrogen) atoms. The number of carbonyl (C=O) groups excluding carboxylic acids is 1. The molecule has 2 atom stereocenters. The van der Waals surface area contributed by atoms with Gasteiger partial charge in [0, 0.05) is 16.5 Å².